The van der Waals surface area contributed by atoms with Gasteiger partial charge in [0, 0.05) is 18.8 Å². The molecule has 1 aromatic heterocycles. The summed E-state index contributed by atoms with van der Waals surface area (Å²) in [6, 6.07) is 7.87. The fourth-order valence-corrected chi connectivity index (χ4v) is 4.17. The number of para-hydroxylation sites is 1. The largest absolute Gasteiger partial charge is 0.376 e. The van der Waals surface area contributed by atoms with Gasteiger partial charge in [0.1, 0.15) is 0 Å². The van der Waals surface area contributed by atoms with Crippen molar-refractivity contribution in [1.29, 1.82) is 0 Å². The van der Waals surface area contributed by atoms with Crippen LogP contribution in [-0.2, 0) is 16.0 Å². The van der Waals surface area contributed by atoms with Crippen molar-refractivity contribution in [2.45, 2.75) is 36.6 Å². The average Bonchev–Trinajstić information content (AvgIpc) is 3.30. The molecule has 0 bridgehead atoms. The minimum Gasteiger partial charge on any atom is -0.376 e. The molecule has 1 fully saturated rings. The Bertz CT molecular complexity index is 701. The quantitative estimate of drug-likeness (QED) is 0.686. The summed E-state index contributed by atoms with van der Waals surface area (Å²) < 4.78 is 6.36. The molecule has 8 heteroatoms. The predicted molar refractivity (Wildman–Crippen MR) is 103 cm³/mol. The summed E-state index contributed by atoms with van der Waals surface area (Å²) in [5.41, 5.74) is 2.02. The summed E-state index contributed by atoms with van der Waals surface area (Å²) in [6.07, 6.45) is 3.37. The summed E-state index contributed by atoms with van der Waals surface area (Å²) >= 11 is 2.87. The number of aromatic nitrogens is 2. The first-order valence-corrected chi connectivity index (χ1v) is 10.2. The maximum Gasteiger partial charge on any atom is 0.234 e. The van der Waals surface area contributed by atoms with Gasteiger partial charge in [0.25, 0.3) is 0 Å². The smallest absolute Gasteiger partial charge is 0.234 e. The van der Waals surface area contributed by atoms with E-state index in [1.165, 1.54) is 23.1 Å². The van der Waals surface area contributed by atoms with E-state index in [9.17, 15) is 4.79 Å². The van der Waals surface area contributed by atoms with Crippen LogP contribution in [0.25, 0.3) is 0 Å². The van der Waals surface area contributed by atoms with Crippen LogP contribution in [0.15, 0.2) is 28.6 Å². The molecule has 6 nitrogen and oxygen atoms in total. The van der Waals surface area contributed by atoms with Crippen molar-refractivity contribution in [3.05, 3.63) is 29.8 Å². The summed E-state index contributed by atoms with van der Waals surface area (Å²) in [6.45, 7) is 3.68. The lowest BCUT2D eigenvalue weighted by molar-refractivity contribution is -0.113. The number of aryl methyl sites for hydroxylation is 1. The number of nitrogens with one attached hydrogen (secondary N) is 2. The monoisotopic (exact) mass is 378 g/mol. The fourth-order valence-electron chi connectivity index (χ4n) is 2.61. The highest BCUT2D eigenvalue weighted by Crippen LogP contribution is 2.26. The second-order valence-electron chi connectivity index (χ2n) is 5.74. The van der Waals surface area contributed by atoms with Gasteiger partial charge in [-0.3, -0.25) is 4.79 Å². The van der Waals surface area contributed by atoms with E-state index in [1.54, 1.807) is 0 Å². The molecule has 0 aliphatic carbocycles. The highest BCUT2D eigenvalue weighted by molar-refractivity contribution is 8.01. The van der Waals surface area contributed by atoms with Crippen LogP contribution in [0.5, 0.6) is 0 Å². The minimum absolute atomic E-state index is 0.0324. The van der Waals surface area contributed by atoms with Crippen LogP contribution in [0.1, 0.15) is 25.3 Å². The number of thioether (sulfide) groups is 1. The highest BCUT2D eigenvalue weighted by Gasteiger charge is 2.16. The van der Waals surface area contributed by atoms with E-state index in [-0.39, 0.29) is 12.0 Å². The SMILES string of the molecule is CCc1ccccc1NC(=O)CSc1nnc(NC[C@H]2CCCO2)s1. The number of nitrogens with zero attached hydrogens (tertiary/aromatic N) is 2. The van der Waals surface area contributed by atoms with E-state index in [2.05, 4.69) is 27.8 Å². The van der Waals surface area contributed by atoms with Gasteiger partial charge >= 0.3 is 0 Å². The Labute approximate surface area is 155 Å². The van der Waals surface area contributed by atoms with Gasteiger partial charge < -0.3 is 15.4 Å². The van der Waals surface area contributed by atoms with E-state index in [0.29, 0.717) is 5.75 Å². The summed E-state index contributed by atoms with van der Waals surface area (Å²) in [5, 5.41) is 15.2. The topological polar surface area (TPSA) is 76.1 Å². The molecule has 1 aromatic carbocycles. The molecule has 2 aromatic rings. The standard InChI is InChI=1S/C17H22N4O2S2/c1-2-12-6-3-4-8-14(12)19-15(22)11-24-17-21-20-16(25-17)18-10-13-7-5-9-23-13/h3-4,6,8,13H,2,5,7,9-11H2,1H3,(H,18,20)(H,19,22)/t13-/m1/s1. The van der Waals surface area contributed by atoms with E-state index in [0.717, 1.165) is 53.1 Å². The third-order valence-electron chi connectivity index (χ3n) is 3.91. The normalized spacial score (nSPS) is 16.8. The number of anilines is 2. The predicted octanol–water partition coefficient (Wildman–Crippen LogP) is 3.42. The number of hydrogen-bond donors (Lipinski definition) is 2. The van der Waals surface area contributed by atoms with Gasteiger partial charge in [-0.1, -0.05) is 48.2 Å². The van der Waals surface area contributed by atoms with Gasteiger partial charge in [0.05, 0.1) is 11.9 Å². The van der Waals surface area contributed by atoms with Crippen molar-refractivity contribution in [3.63, 3.8) is 0 Å². The lowest BCUT2D eigenvalue weighted by Crippen LogP contribution is -2.18. The number of amides is 1. The summed E-state index contributed by atoms with van der Waals surface area (Å²) in [5.74, 6) is 0.285. The van der Waals surface area contributed by atoms with Crippen LogP contribution < -0.4 is 10.6 Å². The first kappa shape index (κ1) is 18.2. The Balaban J connectivity index is 1.44. The summed E-state index contributed by atoms with van der Waals surface area (Å²) in [7, 11) is 0. The molecule has 1 amide bonds. The van der Waals surface area contributed by atoms with E-state index in [4.69, 9.17) is 4.74 Å². The van der Waals surface area contributed by atoms with Crippen molar-refractivity contribution >= 4 is 39.8 Å². The molecule has 1 aliphatic rings. The first-order chi connectivity index (χ1) is 12.2. The van der Waals surface area contributed by atoms with Gasteiger partial charge in [-0.25, -0.2) is 0 Å². The molecule has 1 saturated heterocycles. The second-order valence-corrected chi connectivity index (χ2v) is 7.94. The molecular formula is C17H22N4O2S2. The average molecular weight is 379 g/mol. The molecule has 1 atom stereocenters. The van der Waals surface area contributed by atoms with Gasteiger partial charge in [-0.05, 0) is 30.9 Å². The maximum atomic E-state index is 12.2. The van der Waals surface area contributed by atoms with Crippen LogP contribution in [0.4, 0.5) is 10.8 Å². The fraction of sp³-hybridized carbons (Fsp3) is 0.471. The van der Waals surface area contributed by atoms with Crippen molar-refractivity contribution < 1.29 is 9.53 Å². The van der Waals surface area contributed by atoms with Crippen LogP contribution in [-0.4, -0.2) is 41.1 Å². The van der Waals surface area contributed by atoms with Crippen molar-refractivity contribution in [2.24, 2.45) is 0 Å². The number of carbonyl (C=O) groups is 1. The molecule has 3 rings (SSSR count). The third kappa shape index (κ3) is 5.42. The number of rotatable bonds is 8. The Hall–Kier alpha value is -1.64. The zero-order chi connectivity index (χ0) is 17.5. The van der Waals surface area contributed by atoms with Crippen molar-refractivity contribution in [2.75, 3.05) is 29.5 Å². The van der Waals surface area contributed by atoms with Crippen molar-refractivity contribution in [1.82, 2.24) is 10.2 Å². The molecule has 2 N–H and O–H groups in total. The molecule has 0 unspecified atom stereocenters. The number of carbonyl (C=O) groups excluding carboxylic acids is 1. The molecule has 25 heavy (non-hydrogen) atoms. The second kappa shape index (κ2) is 9.17. The Morgan fingerprint density at radius 1 is 1.40 bits per heavy atom. The lowest BCUT2D eigenvalue weighted by atomic mass is 10.1. The molecule has 0 radical (unpaired) electrons. The first-order valence-electron chi connectivity index (χ1n) is 8.44. The Morgan fingerprint density at radius 2 is 2.28 bits per heavy atom. The maximum absolute atomic E-state index is 12.2. The van der Waals surface area contributed by atoms with Gasteiger partial charge in [-0.15, -0.1) is 10.2 Å². The molecule has 2 heterocycles. The van der Waals surface area contributed by atoms with Gasteiger partial charge in [0.15, 0.2) is 4.34 Å². The number of ether oxygens (including phenoxy) is 1. The zero-order valence-electron chi connectivity index (χ0n) is 14.2. The number of hydrogen-bond acceptors (Lipinski definition) is 7. The molecule has 0 spiro atoms. The minimum atomic E-state index is -0.0324. The highest BCUT2D eigenvalue weighted by atomic mass is 32.2. The van der Waals surface area contributed by atoms with Gasteiger partial charge in [-0.2, -0.15) is 0 Å². The molecule has 1 aliphatic heterocycles. The van der Waals surface area contributed by atoms with E-state index >= 15 is 0 Å². The van der Waals surface area contributed by atoms with Crippen LogP contribution in [0.3, 0.4) is 0 Å². The van der Waals surface area contributed by atoms with Crippen LogP contribution >= 0.6 is 23.1 Å². The number of benzene rings is 1. The molecular weight excluding hydrogens is 356 g/mol. The van der Waals surface area contributed by atoms with E-state index in [1.807, 2.05) is 24.3 Å². The van der Waals surface area contributed by atoms with Crippen LogP contribution in [0, 0.1) is 0 Å². The Morgan fingerprint density at radius 3 is 3.08 bits per heavy atom. The molecule has 0 saturated carbocycles. The van der Waals surface area contributed by atoms with Gasteiger partial charge in [0.2, 0.25) is 11.0 Å². The van der Waals surface area contributed by atoms with Crippen molar-refractivity contribution in [3.8, 4) is 0 Å². The third-order valence-corrected chi connectivity index (χ3v) is 5.92. The zero-order valence-corrected chi connectivity index (χ0v) is 15.8. The Kier molecular flexibility index (Phi) is 6.66. The molecule has 134 valence electrons. The lowest BCUT2D eigenvalue weighted by Gasteiger charge is -2.09. The van der Waals surface area contributed by atoms with E-state index < -0.39 is 0 Å². The van der Waals surface area contributed by atoms with Crippen LogP contribution in [0.2, 0.25) is 0 Å². The summed E-state index contributed by atoms with van der Waals surface area (Å²) in [4.78, 5) is 12.2.